The number of carbonyl (C=O) groups excluding carboxylic acids is 1. The minimum atomic E-state index is -0.338. The lowest BCUT2D eigenvalue weighted by Gasteiger charge is -2.01. The normalized spacial score (nSPS) is 10.5. The van der Waals surface area contributed by atoms with Crippen molar-refractivity contribution in [2.45, 2.75) is 13.3 Å². The first-order chi connectivity index (χ1) is 8.08. The van der Waals surface area contributed by atoms with E-state index in [-0.39, 0.29) is 18.0 Å². The second-order valence-electron chi connectivity index (χ2n) is 3.78. The number of rotatable bonds is 3. The van der Waals surface area contributed by atoms with Crippen molar-refractivity contribution in [2.24, 2.45) is 0 Å². The van der Waals surface area contributed by atoms with Crippen LogP contribution in [0.15, 0.2) is 39.4 Å². The summed E-state index contributed by atoms with van der Waals surface area (Å²) >= 11 is 3.09. The van der Waals surface area contributed by atoms with E-state index in [1.54, 1.807) is 18.2 Å². The summed E-state index contributed by atoms with van der Waals surface area (Å²) in [6, 6.07) is 6.28. The fourth-order valence-corrected chi connectivity index (χ4v) is 2.00. The monoisotopic (exact) mass is 296 g/mol. The Morgan fingerprint density at radius 3 is 2.76 bits per heavy atom. The summed E-state index contributed by atoms with van der Waals surface area (Å²) in [5, 5.41) is 0. The van der Waals surface area contributed by atoms with Gasteiger partial charge in [0.25, 0.3) is 0 Å². The Kier molecular flexibility index (Phi) is 3.43. The standard InChI is InChI=1S/C13H10BrFO2/c1-8-4-5-17-13(8)12(16)7-9-2-3-11(15)10(14)6-9/h2-6H,7H2,1H3. The summed E-state index contributed by atoms with van der Waals surface area (Å²) in [6.07, 6.45) is 1.69. The molecule has 1 aromatic heterocycles. The molecule has 0 N–H and O–H groups in total. The van der Waals surface area contributed by atoms with Crippen LogP contribution in [0.5, 0.6) is 0 Å². The van der Waals surface area contributed by atoms with Crippen LogP contribution in [0.25, 0.3) is 0 Å². The van der Waals surface area contributed by atoms with Gasteiger partial charge in [0.1, 0.15) is 5.82 Å². The first kappa shape index (κ1) is 12.0. The molecule has 0 atom stereocenters. The maximum atomic E-state index is 13.0. The molecule has 88 valence electrons. The van der Waals surface area contributed by atoms with Crippen molar-refractivity contribution in [3.05, 3.63) is 57.7 Å². The molecule has 0 radical (unpaired) electrons. The fourth-order valence-electron chi connectivity index (χ4n) is 1.57. The van der Waals surface area contributed by atoms with Gasteiger partial charge in [0.2, 0.25) is 5.78 Å². The minimum absolute atomic E-state index is 0.106. The Morgan fingerprint density at radius 2 is 2.18 bits per heavy atom. The number of furan rings is 1. The van der Waals surface area contributed by atoms with Crippen molar-refractivity contribution in [3.63, 3.8) is 0 Å². The molecule has 0 aliphatic heterocycles. The molecule has 2 rings (SSSR count). The summed E-state index contributed by atoms with van der Waals surface area (Å²) < 4.78 is 18.5. The Morgan fingerprint density at radius 1 is 1.41 bits per heavy atom. The molecule has 0 saturated heterocycles. The van der Waals surface area contributed by atoms with Gasteiger partial charge in [-0.25, -0.2) is 4.39 Å². The van der Waals surface area contributed by atoms with Crippen molar-refractivity contribution >= 4 is 21.7 Å². The third kappa shape index (κ3) is 2.64. The molecule has 0 saturated carbocycles. The maximum absolute atomic E-state index is 13.0. The summed E-state index contributed by atoms with van der Waals surface area (Å²) in [4.78, 5) is 11.9. The highest BCUT2D eigenvalue weighted by Gasteiger charge is 2.13. The number of hydrogen-bond acceptors (Lipinski definition) is 2. The van der Waals surface area contributed by atoms with E-state index in [4.69, 9.17) is 4.42 Å². The number of Topliss-reactive ketones (excluding diaryl/α,β-unsaturated/α-hetero) is 1. The second-order valence-corrected chi connectivity index (χ2v) is 4.64. The van der Waals surface area contributed by atoms with Crippen molar-refractivity contribution in [1.82, 2.24) is 0 Å². The van der Waals surface area contributed by atoms with Crippen LogP contribution in [0.1, 0.15) is 21.7 Å². The van der Waals surface area contributed by atoms with Crippen LogP contribution >= 0.6 is 15.9 Å². The van der Waals surface area contributed by atoms with E-state index in [1.807, 2.05) is 6.92 Å². The van der Waals surface area contributed by atoms with Crippen molar-refractivity contribution < 1.29 is 13.6 Å². The Balaban J connectivity index is 2.19. The van der Waals surface area contributed by atoms with Gasteiger partial charge in [0.05, 0.1) is 10.7 Å². The molecule has 0 aliphatic rings. The largest absolute Gasteiger partial charge is 0.461 e. The van der Waals surface area contributed by atoms with Gasteiger partial charge >= 0.3 is 0 Å². The highest BCUT2D eigenvalue weighted by atomic mass is 79.9. The van der Waals surface area contributed by atoms with E-state index in [0.29, 0.717) is 10.2 Å². The number of ketones is 1. The molecule has 17 heavy (non-hydrogen) atoms. The van der Waals surface area contributed by atoms with E-state index in [9.17, 15) is 9.18 Å². The summed E-state index contributed by atoms with van der Waals surface area (Å²) in [7, 11) is 0. The quantitative estimate of drug-likeness (QED) is 0.804. The smallest absolute Gasteiger partial charge is 0.202 e. The number of carbonyl (C=O) groups is 1. The Labute approximate surface area is 107 Å². The summed E-state index contributed by atoms with van der Waals surface area (Å²) in [6.45, 7) is 1.82. The average molecular weight is 297 g/mol. The Bertz CT molecular complexity index is 560. The third-order valence-electron chi connectivity index (χ3n) is 2.46. The zero-order valence-electron chi connectivity index (χ0n) is 9.17. The highest BCUT2D eigenvalue weighted by molar-refractivity contribution is 9.10. The highest BCUT2D eigenvalue weighted by Crippen LogP contribution is 2.19. The van der Waals surface area contributed by atoms with Crippen molar-refractivity contribution in [2.75, 3.05) is 0 Å². The summed E-state index contributed by atoms with van der Waals surface area (Å²) in [5.41, 5.74) is 1.57. The molecule has 0 amide bonds. The zero-order chi connectivity index (χ0) is 12.4. The van der Waals surface area contributed by atoms with Gasteiger partial charge < -0.3 is 4.42 Å². The maximum Gasteiger partial charge on any atom is 0.202 e. The first-order valence-corrected chi connectivity index (χ1v) is 5.88. The number of benzene rings is 1. The first-order valence-electron chi connectivity index (χ1n) is 5.09. The second kappa shape index (κ2) is 4.84. The third-order valence-corrected chi connectivity index (χ3v) is 3.07. The molecule has 0 unspecified atom stereocenters. The van der Waals surface area contributed by atoms with Crippen LogP contribution in [-0.2, 0) is 6.42 Å². The molecule has 4 heteroatoms. The number of aryl methyl sites for hydroxylation is 1. The molecule has 2 aromatic rings. The van der Waals surface area contributed by atoms with Crippen LogP contribution in [0.4, 0.5) is 4.39 Å². The van der Waals surface area contributed by atoms with E-state index in [0.717, 1.165) is 11.1 Å². The van der Waals surface area contributed by atoms with E-state index in [2.05, 4.69) is 15.9 Å². The molecule has 1 aromatic carbocycles. The fraction of sp³-hybridized carbons (Fsp3) is 0.154. The van der Waals surface area contributed by atoms with Crippen molar-refractivity contribution in [3.8, 4) is 0 Å². The lowest BCUT2D eigenvalue weighted by Crippen LogP contribution is -2.03. The predicted octanol–water partition coefficient (Wildman–Crippen LogP) is 3.92. The SMILES string of the molecule is Cc1ccoc1C(=O)Cc1ccc(F)c(Br)c1. The zero-order valence-corrected chi connectivity index (χ0v) is 10.8. The van der Waals surface area contributed by atoms with E-state index < -0.39 is 0 Å². The molecular weight excluding hydrogens is 287 g/mol. The lowest BCUT2D eigenvalue weighted by molar-refractivity contribution is 0.0965. The molecule has 1 heterocycles. The van der Waals surface area contributed by atoms with Gasteiger partial charge in [-0.05, 0) is 52.2 Å². The van der Waals surface area contributed by atoms with Crippen LogP contribution in [0.3, 0.4) is 0 Å². The minimum Gasteiger partial charge on any atom is -0.461 e. The van der Waals surface area contributed by atoms with E-state index in [1.165, 1.54) is 12.3 Å². The predicted molar refractivity (Wildman–Crippen MR) is 65.6 cm³/mol. The average Bonchev–Trinajstić information content (AvgIpc) is 2.70. The number of halogens is 2. The van der Waals surface area contributed by atoms with Crippen LogP contribution in [-0.4, -0.2) is 5.78 Å². The van der Waals surface area contributed by atoms with E-state index >= 15 is 0 Å². The van der Waals surface area contributed by atoms with Crippen molar-refractivity contribution in [1.29, 1.82) is 0 Å². The number of hydrogen-bond donors (Lipinski definition) is 0. The van der Waals surface area contributed by atoms with Gasteiger partial charge in [-0.1, -0.05) is 6.07 Å². The topological polar surface area (TPSA) is 30.2 Å². The van der Waals surface area contributed by atoms with Gasteiger partial charge in [-0.2, -0.15) is 0 Å². The van der Waals surface area contributed by atoms with Gasteiger partial charge in [-0.3, -0.25) is 4.79 Å². The van der Waals surface area contributed by atoms with Gasteiger partial charge in [0.15, 0.2) is 5.76 Å². The molecule has 0 spiro atoms. The lowest BCUT2D eigenvalue weighted by atomic mass is 10.1. The molecule has 0 bridgehead atoms. The van der Waals surface area contributed by atoms with Crippen LogP contribution < -0.4 is 0 Å². The summed E-state index contributed by atoms with van der Waals surface area (Å²) in [5.74, 6) is -0.0770. The molecular formula is C13H10BrFO2. The Hall–Kier alpha value is -1.42. The molecule has 0 fully saturated rings. The molecule has 0 aliphatic carbocycles. The molecule has 2 nitrogen and oxygen atoms in total. The van der Waals surface area contributed by atoms with Crippen LogP contribution in [0.2, 0.25) is 0 Å². The van der Waals surface area contributed by atoms with Gasteiger partial charge in [0, 0.05) is 6.42 Å². The van der Waals surface area contributed by atoms with Gasteiger partial charge in [-0.15, -0.1) is 0 Å². The van der Waals surface area contributed by atoms with Crippen LogP contribution in [0, 0.1) is 12.7 Å².